The number of nitrogens with zero attached hydrogens (tertiary/aromatic N) is 3. The third kappa shape index (κ3) is 11.6. The largest absolute Gasteiger partial charge is 0.403 e. The van der Waals surface area contributed by atoms with Crippen molar-refractivity contribution in [2.24, 2.45) is 5.73 Å². The Morgan fingerprint density at radius 1 is 1.08 bits per heavy atom. The topological polar surface area (TPSA) is 47.8 Å². The van der Waals surface area contributed by atoms with Crippen molar-refractivity contribution in [3.63, 3.8) is 0 Å². The Hall–Kier alpha value is -3.20. The molecule has 5 heteroatoms. The van der Waals surface area contributed by atoms with E-state index in [0.29, 0.717) is 0 Å². The quantitative estimate of drug-likeness (QED) is 0.0831. The lowest BCUT2D eigenvalue weighted by Gasteiger charge is -2.39. The van der Waals surface area contributed by atoms with Gasteiger partial charge in [-0.3, -0.25) is 4.90 Å². The monoisotopic (exact) mass is 529 g/mol. The molecule has 212 valence electrons. The summed E-state index contributed by atoms with van der Waals surface area (Å²) in [5.74, 6) is 0. The van der Waals surface area contributed by atoms with E-state index in [1.165, 1.54) is 28.0 Å². The van der Waals surface area contributed by atoms with Gasteiger partial charge >= 0.3 is 0 Å². The van der Waals surface area contributed by atoms with E-state index in [4.69, 9.17) is 5.73 Å². The summed E-state index contributed by atoms with van der Waals surface area (Å²) in [7, 11) is 2.07. The first-order valence-corrected chi connectivity index (χ1v) is 14.3. The van der Waals surface area contributed by atoms with Crippen molar-refractivity contribution >= 4 is 0 Å². The van der Waals surface area contributed by atoms with Crippen molar-refractivity contribution in [2.45, 2.75) is 59.3 Å². The summed E-state index contributed by atoms with van der Waals surface area (Å²) in [5.41, 5.74) is 23.6. The average Bonchev–Trinajstić information content (AvgIpc) is 2.92. The minimum atomic E-state index is 0.756. The van der Waals surface area contributed by atoms with Gasteiger partial charge in [0.25, 0.3) is 0 Å². The van der Waals surface area contributed by atoms with E-state index in [2.05, 4.69) is 110 Å². The maximum absolute atomic E-state index is 5.67. The van der Waals surface area contributed by atoms with Crippen LogP contribution in [0.2, 0.25) is 0 Å². The zero-order chi connectivity index (χ0) is 28.6. The first-order chi connectivity index (χ1) is 18.7. The van der Waals surface area contributed by atoms with Crippen LogP contribution in [0, 0.1) is 0 Å². The second-order valence-electron chi connectivity index (χ2n) is 10.7. The number of nitrogens with one attached hydrogen (secondary N) is 1. The van der Waals surface area contributed by atoms with E-state index in [-0.39, 0.29) is 0 Å². The Bertz CT molecular complexity index is 1070. The molecule has 0 amide bonds. The van der Waals surface area contributed by atoms with Gasteiger partial charge in [0, 0.05) is 57.7 Å². The fraction of sp³-hybridized carbons (Fsp3) is 0.471. The van der Waals surface area contributed by atoms with Crippen LogP contribution in [0.5, 0.6) is 0 Å². The van der Waals surface area contributed by atoms with Crippen molar-refractivity contribution in [1.82, 2.24) is 20.2 Å². The first-order valence-electron chi connectivity index (χ1n) is 14.3. The van der Waals surface area contributed by atoms with Crippen LogP contribution in [0.25, 0.3) is 0 Å². The fourth-order valence-electron chi connectivity index (χ4n) is 4.78. The van der Waals surface area contributed by atoms with Gasteiger partial charge in [0.1, 0.15) is 0 Å². The highest BCUT2D eigenvalue weighted by atomic mass is 15.5. The van der Waals surface area contributed by atoms with Crippen LogP contribution >= 0.6 is 0 Å². The molecule has 1 aliphatic carbocycles. The van der Waals surface area contributed by atoms with Crippen LogP contribution in [0.15, 0.2) is 107 Å². The number of rotatable bonds is 15. The summed E-state index contributed by atoms with van der Waals surface area (Å²) < 4.78 is 0. The summed E-state index contributed by atoms with van der Waals surface area (Å²) in [6.07, 6.45) is 19.1. The molecule has 0 atom stereocenters. The van der Waals surface area contributed by atoms with Gasteiger partial charge in [-0.1, -0.05) is 49.6 Å². The minimum absolute atomic E-state index is 0.756. The predicted octanol–water partition coefficient (Wildman–Crippen LogP) is 6.53. The highest BCUT2D eigenvalue weighted by Crippen LogP contribution is 2.33. The average molecular weight is 530 g/mol. The van der Waals surface area contributed by atoms with Gasteiger partial charge in [-0.2, -0.15) is 0 Å². The van der Waals surface area contributed by atoms with Crippen LogP contribution in [0.3, 0.4) is 0 Å². The molecular formula is C34H51N5. The number of hydrogen-bond donors (Lipinski definition) is 2. The summed E-state index contributed by atoms with van der Waals surface area (Å²) in [5, 5.41) is 2.12. The second kappa shape index (κ2) is 17.4. The highest BCUT2D eigenvalue weighted by molar-refractivity contribution is 5.51. The fourth-order valence-corrected chi connectivity index (χ4v) is 4.78. The Morgan fingerprint density at radius 2 is 1.82 bits per heavy atom. The van der Waals surface area contributed by atoms with Crippen molar-refractivity contribution in [3.05, 3.63) is 107 Å². The van der Waals surface area contributed by atoms with Crippen LogP contribution < -0.4 is 11.2 Å². The van der Waals surface area contributed by atoms with Gasteiger partial charge in [-0.15, -0.1) is 11.5 Å². The molecule has 0 radical (unpaired) electrons. The minimum Gasteiger partial charge on any atom is -0.403 e. The summed E-state index contributed by atoms with van der Waals surface area (Å²) in [6, 6.07) is 0. The number of hydrogen-bond acceptors (Lipinski definition) is 5. The van der Waals surface area contributed by atoms with Crippen LogP contribution in [0.4, 0.5) is 0 Å². The SMILES string of the molecule is C=C=CCCCN(C)NC(=C=C)C1=CC(/C(C)=C/C=C(C)C)=C(N2CCN(C/C=C\CCC(=C)N)CC2)CC1. The Kier molecular flexibility index (Phi) is 14.3. The Labute approximate surface area is 238 Å². The molecule has 5 nitrogen and oxygen atoms in total. The molecule has 1 fully saturated rings. The Balaban J connectivity index is 2.17. The molecule has 0 bridgehead atoms. The molecule has 0 unspecified atom stereocenters. The lowest BCUT2D eigenvalue weighted by atomic mass is 9.89. The molecule has 0 aromatic carbocycles. The molecule has 2 aliphatic rings. The number of nitrogens with two attached hydrogens (primary N) is 1. The maximum Gasteiger partial charge on any atom is 0.0945 e. The molecule has 0 saturated carbocycles. The maximum atomic E-state index is 5.67. The van der Waals surface area contributed by atoms with Gasteiger partial charge in [0.05, 0.1) is 5.70 Å². The highest BCUT2D eigenvalue weighted by Gasteiger charge is 2.24. The summed E-state index contributed by atoms with van der Waals surface area (Å²) in [4.78, 5) is 5.13. The molecular weight excluding hydrogens is 478 g/mol. The molecule has 1 aliphatic heterocycles. The van der Waals surface area contributed by atoms with Crippen molar-refractivity contribution < 1.29 is 0 Å². The van der Waals surface area contributed by atoms with Gasteiger partial charge in [-0.05, 0) is 88.2 Å². The van der Waals surface area contributed by atoms with Crippen LogP contribution in [-0.4, -0.2) is 61.1 Å². The number of piperazine rings is 1. The molecule has 39 heavy (non-hydrogen) atoms. The molecule has 0 aromatic rings. The molecule has 3 N–H and O–H groups in total. The molecule has 1 saturated heterocycles. The predicted molar refractivity (Wildman–Crippen MR) is 169 cm³/mol. The third-order valence-corrected chi connectivity index (χ3v) is 7.06. The van der Waals surface area contributed by atoms with Gasteiger partial charge in [0.2, 0.25) is 0 Å². The second-order valence-corrected chi connectivity index (χ2v) is 10.7. The van der Waals surface area contributed by atoms with Crippen molar-refractivity contribution in [1.29, 1.82) is 0 Å². The molecule has 0 aromatic heterocycles. The molecule has 0 spiro atoms. The van der Waals surface area contributed by atoms with E-state index in [0.717, 1.165) is 89.2 Å². The van der Waals surface area contributed by atoms with E-state index in [1.807, 2.05) is 6.08 Å². The Morgan fingerprint density at radius 3 is 2.46 bits per heavy atom. The molecule has 2 rings (SSSR count). The number of hydrazine groups is 1. The van der Waals surface area contributed by atoms with E-state index >= 15 is 0 Å². The number of unbranched alkanes of at least 4 members (excludes halogenated alkanes) is 1. The van der Waals surface area contributed by atoms with Gasteiger partial charge in [0.15, 0.2) is 0 Å². The zero-order valence-corrected chi connectivity index (χ0v) is 25.0. The van der Waals surface area contributed by atoms with Gasteiger partial charge < -0.3 is 16.1 Å². The van der Waals surface area contributed by atoms with Crippen LogP contribution in [-0.2, 0) is 0 Å². The summed E-state index contributed by atoms with van der Waals surface area (Å²) >= 11 is 0. The zero-order valence-electron chi connectivity index (χ0n) is 25.0. The standard InChI is InChI=1S/C34H51N5/c1-8-10-11-14-21-37(7)36-33(9-2)31-19-20-34(32(27-31)29(5)18-17-28(3)4)39-25-23-38(24-26-39)22-15-12-13-16-30(6)35/h10,12,15,17-18,27,36H,1-2,6,11,13-14,16,19-26,35H2,3-5,7H3/b15-12-,29-18+. The van der Waals surface area contributed by atoms with Crippen molar-refractivity contribution in [3.8, 4) is 0 Å². The smallest absolute Gasteiger partial charge is 0.0945 e. The third-order valence-electron chi connectivity index (χ3n) is 7.06. The van der Waals surface area contributed by atoms with Crippen LogP contribution in [0.1, 0.15) is 59.3 Å². The van der Waals surface area contributed by atoms with E-state index in [1.54, 1.807) is 0 Å². The van der Waals surface area contributed by atoms with Gasteiger partial charge in [-0.25, -0.2) is 5.01 Å². The summed E-state index contributed by atoms with van der Waals surface area (Å²) in [6.45, 7) is 24.1. The van der Waals surface area contributed by atoms with Crippen molar-refractivity contribution in [2.75, 3.05) is 46.3 Å². The van der Waals surface area contributed by atoms with E-state index < -0.39 is 0 Å². The lowest BCUT2D eigenvalue weighted by Crippen LogP contribution is -2.46. The number of allylic oxidation sites excluding steroid dienone is 11. The normalized spacial score (nSPS) is 16.6. The first kappa shape index (κ1) is 32.0. The van der Waals surface area contributed by atoms with E-state index in [9.17, 15) is 0 Å². The lowest BCUT2D eigenvalue weighted by molar-refractivity contribution is 0.167. The molecule has 1 heterocycles.